The summed E-state index contributed by atoms with van der Waals surface area (Å²) >= 11 is 0. The Labute approximate surface area is 153 Å². The predicted octanol–water partition coefficient (Wildman–Crippen LogP) is 6.54. The van der Waals surface area contributed by atoms with Gasteiger partial charge in [0.05, 0.1) is 0 Å². The Balaban J connectivity index is 1.60. The molecule has 0 saturated heterocycles. The minimum absolute atomic E-state index is 0.657. The lowest BCUT2D eigenvalue weighted by atomic mass is 9.74. The minimum Gasteiger partial charge on any atom is -0.195 e. The molecule has 0 N–H and O–H groups in total. The lowest BCUT2D eigenvalue weighted by Crippen LogP contribution is -2.50. The highest BCUT2D eigenvalue weighted by molar-refractivity contribution is 5.64. The number of rotatable bonds is 7. The molecule has 1 aromatic heterocycles. The van der Waals surface area contributed by atoms with Gasteiger partial charge in [-0.05, 0) is 36.5 Å². The molecule has 0 radical (unpaired) electrons. The molecule has 3 atom stereocenters. The lowest BCUT2D eigenvalue weighted by molar-refractivity contribution is -0.723. The Hall–Kier alpha value is -1.63. The van der Waals surface area contributed by atoms with Gasteiger partial charge in [0.1, 0.15) is 0 Å². The molecule has 132 valence electrons. The van der Waals surface area contributed by atoms with E-state index in [-0.39, 0.29) is 0 Å². The van der Waals surface area contributed by atoms with Gasteiger partial charge in [-0.1, -0.05) is 64.2 Å². The van der Waals surface area contributed by atoms with Crippen LogP contribution in [0.15, 0.2) is 42.6 Å². The maximum atomic E-state index is 2.61. The van der Waals surface area contributed by atoms with Gasteiger partial charge in [-0.3, -0.25) is 0 Å². The first kappa shape index (κ1) is 16.8. The zero-order valence-electron chi connectivity index (χ0n) is 15.9. The quantitative estimate of drug-likeness (QED) is 0.400. The van der Waals surface area contributed by atoms with Gasteiger partial charge in [0.25, 0.3) is 0 Å². The van der Waals surface area contributed by atoms with Gasteiger partial charge in [0, 0.05) is 29.5 Å². The summed E-state index contributed by atoms with van der Waals surface area (Å²) in [4.78, 5) is 0. The number of nitrogens with zero attached hydrogens (tertiary/aromatic N) is 1. The third-order valence-electron chi connectivity index (χ3n) is 6.55. The number of hydrogen-bond acceptors (Lipinski definition) is 0. The van der Waals surface area contributed by atoms with Gasteiger partial charge < -0.3 is 0 Å². The molecule has 0 saturated carbocycles. The Morgan fingerprint density at radius 2 is 1.80 bits per heavy atom. The van der Waals surface area contributed by atoms with Crippen molar-refractivity contribution < 1.29 is 4.57 Å². The highest BCUT2D eigenvalue weighted by atomic mass is 15.0. The molecule has 0 fully saturated rings. The summed E-state index contributed by atoms with van der Waals surface area (Å²) in [5.74, 6) is 1.44. The van der Waals surface area contributed by atoms with Crippen LogP contribution in [0.5, 0.6) is 0 Å². The molecular formula is C24H32N+. The summed E-state index contributed by atoms with van der Waals surface area (Å²) in [5, 5.41) is 0. The van der Waals surface area contributed by atoms with Gasteiger partial charge in [0.2, 0.25) is 5.69 Å². The number of hydrogen-bond donors (Lipinski definition) is 0. The molecule has 2 aliphatic heterocycles. The zero-order chi connectivity index (χ0) is 17.2. The maximum absolute atomic E-state index is 2.61. The van der Waals surface area contributed by atoms with E-state index in [9.17, 15) is 0 Å². The van der Waals surface area contributed by atoms with Crippen molar-refractivity contribution >= 4 is 0 Å². The molecule has 2 aromatic rings. The summed E-state index contributed by atoms with van der Waals surface area (Å²) in [6, 6.07) is 14.5. The Morgan fingerprint density at radius 3 is 2.64 bits per heavy atom. The van der Waals surface area contributed by atoms with Crippen molar-refractivity contribution in [2.24, 2.45) is 0 Å². The van der Waals surface area contributed by atoms with E-state index >= 15 is 0 Å². The molecule has 2 aliphatic rings. The van der Waals surface area contributed by atoms with E-state index in [1.54, 1.807) is 11.1 Å². The standard InChI is InChI=1S/C24H32N/c1-3-5-6-7-8-11-18-16-24-20(4-2)21-12-9-10-13-22(21)23-15-14-19(18)17-25(23)24/h9-10,12-15,17-18,20,24H,3-8,11,16H2,1-2H3/q+1. The molecule has 3 heterocycles. The molecule has 25 heavy (non-hydrogen) atoms. The van der Waals surface area contributed by atoms with E-state index in [2.05, 4.69) is 61.0 Å². The van der Waals surface area contributed by atoms with Crippen LogP contribution in [0.1, 0.15) is 94.2 Å². The van der Waals surface area contributed by atoms with Crippen LogP contribution in [0.25, 0.3) is 11.3 Å². The molecular weight excluding hydrogens is 302 g/mol. The number of aromatic nitrogens is 1. The van der Waals surface area contributed by atoms with E-state index in [4.69, 9.17) is 0 Å². The van der Waals surface area contributed by atoms with Crippen molar-refractivity contribution in [1.29, 1.82) is 0 Å². The average Bonchev–Trinajstić information content (AvgIpc) is 2.66. The van der Waals surface area contributed by atoms with Crippen molar-refractivity contribution in [3.8, 4) is 11.3 Å². The number of fused-ring (bicyclic) bond motifs is 3. The SMILES string of the molecule is CCCCCCCC1CC2C(CC)c3ccccc3-c3ccc1c[n+]32. The third kappa shape index (κ3) is 3.03. The van der Waals surface area contributed by atoms with E-state index in [0.717, 1.165) is 5.92 Å². The van der Waals surface area contributed by atoms with Crippen LogP contribution in [-0.4, -0.2) is 0 Å². The van der Waals surface area contributed by atoms with Crippen LogP contribution in [0, 0.1) is 0 Å². The van der Waals surface area contributed by atoms with Crippen molar-refractivity contribution in [3.63, 3.8) is 0 Å². The monoisotopic (exact) mass is 334 g/mol. The first-order chi connectivity index (χ1) is 12.3. The van der Waals surface area contributed by atoms with E-state index in [1.807, 2.05) is 0 Å². The van der Waals surface area contributed by atoms with Gasteiger partial charge in [-0.25, -0.2) is 0 Å². The molecule has 2 bridgehead atoms. The van der Waals surface area contributed by atoms with Crippen molar-refractivity contribution in [2.75, 3.05) is 0 Å². The summed E-state index contributed by atoms with van der Waals surface area (Å²) in [5.41, 5.74) is 6.03. The minimum atomic E-state index is 0.657. The fourth-order valence-electron chi connectivity index (χ4n) is 5.21. The van der Waals surface area contributed by atoms with Gasteiger partial charge in [0.15, 0.2) is 12.2 Å². The zero-order valence-corrected chi connectivity index (χ0v) is 15.9. The van der Waals surface area contributed by atoms with Crippen molar-refractivity contribution in [3.05, 3.63) is 53.7 Å². The molecule has 0 amide bonds. The van der Waals surface area contributed by atoms with E-state index in [0.29, 0.717) is 12.0 Å². The highest BCUT2D eigenvalue weighted by Crippen LogP contribution is 2.46. The molecule has 1 nitrogen and oxygen atoms in total. The number of benzene rings is 1. The van der Waals surface area contributed by atoms with Crippen LogP contribution in [0.4, 0.5) is 0 Å². The molecule has 0 spiro atoms. The second-order valence-corrected chi connectivity index (χ2v) is 8.06. The maximum Gasteiger partial charge on any atom is 0.213 e. The first-order valence-corrected chi connectivity index (χ1v) is 10.5. The van der Waals surface area contributed by atoms with Crippen LogP contribution in [0.2, 0.25) is 0 Å². The summed E-state index contributed by atoms with van der Waals surface area (Å²) in [6.07, 6.45) is 13.4. The largest absolute Gasteiger partial charge is 0.213 e. The third-order valence-corrected chi connectivity index (χ3v) is 6.55. The normalized spacial score (nSPS) is 23.4. The van der Waals surface area contributed by atoms with Crippen LogP contribution in [0.3, 0.4) is 0 Å². The topological polar surface area (TPSA) is 3.88 Å². The molecule has 1 heteroatoms. The lowest BCUT2D eigenvalue weighted by Gasteiger charge is -2.35. The van der Waals surface area contributed by atoms with Gasteiger partial charge >= 0.3 is 0 Å². The van der Waals surface area contributed by atoms with Gasteiger partial charge in [-0.15, -0.1) is 0 Å². The van der Waals surface area contributed by atoms with Crippen LogP contribution in [-0.2, 0) is 0 Å². The van der Waals surface area contributed by atoms with Gasteiger partial charge in [-0.2, -0.15) is 4.57 Å². The molecule has 4 rings (SSSR count). The highest BCUT2D eigenvalue weighted by Gasteiger charge is 2.43. The second-order valence-electron chi connectivity index (χ2n) is 8.06. The molecule has 0 aliphatic carbocycles. The van der Waals surface area contributed by atoms with Crippen molar-refractivity contribution in [1.82, 2.24) is 0 Å². The smallest absolute Gasteiger partial charge is 0.195 e. The second kappa shape index (κ2) is 7.32. The summed E-state index contributed by atoms with van der Waals surface area (Å²) < 4.78 is 2.61. The summed E-state index contributed by atoms with van der Waals surface area (Å²) in [7, 11) is 0. The van der Waals surface area contributed by atoms with Crippen molar-refractivity contribution in [2.45, 2.75) is 83.1 Å². The number of pyridine rings is 1. The Morgan fingerprint density at radius 1 is 0.960 bits per heavy atom. The van der Waals surface area contributed by atoms with Crippen LogP contribution >= 0.6 is 0 Å². The molecule has 1 aromatic carbocycles. The van der Waals surface area contributed by atoms with E-state index < -0.39 is 0 Å². The number of unbranched alkanes of at least 4 members (excludes halogenated alkanes) is 4. The van der Waals surface area contributed by atoms with Crippen LogP contribution < -0.4 is 4.57 Å². The summed E-state index contributed by atoms with van der Waals surface area (Å²) in [6.45, 7) is 4.67. The Bertz CT molecular complexity index is 733. The fraction of sp³-hybridized carbons (Fsp3) is 0.542. The first-order valence-electron chi connectivity index (χ1n) is 10.5. The molecule has 3 unspecified atom stereocenters. The van der Waals surface area contributed by atoms with E-state index in [1.165, 1.54) is 62.6 Å². The predicted molar refractivity (Wildman–Crippen MR) is 105 cm³/mol. The fourth-order valence-corrected chi connectivity index (χ4v) is 5.21. The average molecular weight is 335 g/mol. The Kier molecular flexibility index (Phi) is 4.92.